The highest BCUT2D eigenvalue weighted by Crippen LogP contribution is 2.21. The van der Waals surface area contributed by atoms with E-state index in [4.69, 9.17) is 9.84 Å². The van der Waals surface area contributed by atoms with E-state index in [1.54, 1.807) is 7.11 Å². The first-order valence-electron chi connectivity index (χ1n) is 6.38. The highest BCUT2D eigenvalue weighted by Gasteiger charge is 2.07. The van der Waals surface area contributed by atoms with E-state index in [9.17, 15) is 0 Å². The highest BCUT2D eigenvalue weighted by molar-refractivity contribution is 5.37. The van der Waals surface area contributed by atoms with Gasteiger partial charge in [0.1, 0.15) is 5.75 Å². The first-order valence-corrected chi connectivity index (χ1v) is 6.38. The molecule has 0 amide bonds. The van der Waals surface area contributed by atoms with Gasteiger partial charge in [-0.2, -0.15) is 0 Å². The van der Waals surface area contributed by atoms with E-state index >= 15 is 0 Å². The zero-order valence-corrected chi connectivity index (χ0v) is 11.6. The lowest BCUT2D eigenvalue weighted by Gasteiger charge is -2.20. The molecule has 0 unspecified atom stereocenters. The Hall–Kier alpha value is -1.10. The van der Waals surface area contributed by atoms with E-state index < -0.39 is 0 Å². The molecule has 0 aromatic heterocycles. The Bertz CT molecular complexity index is 356. The van der Waals surface area contributed by atoms with Crippen LogP contribution in [0.3, 0.4) is 0 Å². The van der Waals surface area contributed by atoms with E-state index in [2.05, 4.69) is 35.3 Å². The Morgan fingerprint density at radius 2 is 2.17 bits per heavy atom. The molecule has 0 heterocycles. The number of hydrogen-bond acceptors (Lipinski definition) is 4. The van der Waals surface area contributed by atoms with E-state index in [-0.39, 0.29) is 6.61 Å². The van der Waals surface area contributed by atoms with Crippen LogP contribution in [0.4, 0.5) is 0 Å². The summed E-state index contributed by atoms with van der Waals surface area (Å²) in [5.41, 5.74) is 2.37. The molecule has 4 heteroatoms. The third-order valence-corrected chi connectivity index (χ3v) is 2.99. The summed E-state index contributed by atoms with van der Waals surface area (Å²) in [7, 11) is 3.62. The van der Waals surface area contributed by atoms with Gasteiger partial charge < -0.3 is 15.2 Å². The third kappa shape index (κ3) is 4.29. The smallest absolute Gasteiger partial charge is 0.123 e. The lowest BCUT2D eigenvalue weighted by molar-refractivity contribution is 0.196. The Kier molecular flexibility index (Phi) is 6.72. The SMILES string of the molecule is CCN(CCO)Cc1ccc(CNC)c(OC)c1. The molecule has 2 N–H and O–H groups in total. The number of rotatable bonds is 8. The van der Waals surface area contributed by atoms with E-state index in [1.807, 2.05) is 7.05 Å². The molecule has 0 radical (unpaired) electrons. The summed E-state index contributed by atoms with van der Waals surface area (Å²) < 4.78 is 5.41. The minimum absolute atomic E-state index is 0.197. The molecular weight excluding hydrogens is 228 g/mol. The van der Waals surface area contributed by atoms with Crippen molar-refractivity contribution in [3.8, 4) is 5.75 Å². The molecule has 0 fully saturated rings. The molecule has 4 nitrogen and oxygen atoms in total. The molecule has 0 saturated heterocycles. The van der Waals surface area contributed by atoms with Crippen LogP contribution >= 0.6 is 0 Å². The standard InChI is InChI=1S/C14H24N2O2/c1-4-16(7-8-17)11-12-5-6-13(10-15-2)14(9-12)18-3/h5-6,9,15,17H,4,7-8,10-11H2,1-3H3. The number of likely N-dealkylation sites (N-methyl/N-ethyl adjacent to an activating group) is 1. The summed E-state index contributed by atoms with van der Waals surface area (Å²) in [5, 5.41) is 12.1. The summed E-state index contributed by atoms with van der Waals surface area (Å²) in [4.78, 5) is 2.20. The molecule has 102 valence electrons. The van der Waals surface area contributed by atoms with Crippen molar-refractivity contribution in [1.82, 2.24) is 10.2 Å². The van der Waals surface area contributed by atoms with Gasteiger partial charge in [-0.15, -0.1) is 0 Å². The van der Waals surface area contributed by atoms with E-state index in [0.717, 1.165) is 30.9 Å². The normalized spacial score (nSPS) is 10.9. The average Bonchev–Trinajstić information content (AvgIpc) is 2.40. The van der Waals surface area contributed by atoms with Gasteiger partial charge in [0.15, 0.2) is 0 Å². The Labute approximate surface area is 110 Å². The van der Waals surface area contributed by atoms with Gasteiger partial charge in [0.05, 0.1) is 13.7 Å². The maximum atomic E-state index is 8.99. The number of nitrogens with zero attached hydrogens (tertiary/aromatic N) is 1. The van der Waals surface area contributed by atoms with E-state index in [0.29, 0.717) is 6.54 Å². The van der Waals surface area contributed by atoms with Crippen molar-refractivity contribution >= 4 is 0 Å². The number of benzene rings is 1. The number of ether oxygens (including phenoxy) is 1. The van der Waals surface area contributed by atoms with Gasteiger partial charge in [-0.05, 0) is 25.2 Å². The topological polar surface area (TPSA) is 44.7 Å². The van der Waals surface area contributed by atoms with Crippen LogP contribution in [0.1, 0.15) is 18.1 Å². The van der Waals surface area contributed by atoms with Gasteiger partial charge in [0.25, 0.3) is 0 Å². The number of methoxy groups -OCH3 is 1. The fraction of sp³-hybridized carbons (Fsp3) is 0.571. The van der Waals surface area contributed by atoms with Gasteiger partial charge >= 0.3 is 0 Å². The zero-order chi connectivity index (χ0) is 13.4. The molecule has 1 aromatic carbocycles. The fourth-order valence-electron chi connectivity index (χ4n) is 1.97. The predicted molar refractivity (Wildman–Crippen MR) is 73.8 cm³/mol. The summed E-state index contributed by atoms with van der Waals surface area (Å²) in [6.45, 7) is 5.58. The fourth-order valence-corrected chi connectivity index (χ4v) is 1.97. The molecule has 0 aliphatic heterocycles. The molecule has 1 aromatic rings. The van der Waals surface area contributed by atoms with Gasteiger partial charge in [0.2, 0.25) is 0 Å². The number of nitrogens with one attached hydrogen (secondary N) is 1. The van der Waals surface area contributed by atoms with Crippen LogP contribution in [-0.4, -0.2) is 43.9 Å². The van der Waals surface area contributed by atoms with Crippen molar-refractivity contribution in [3.05, 3.63) is 29.3 Å². The quantitative estimate of drug-likeness (QED) is 0.730. The monoisotopic (exact) mass is 252 g/mol. The maximum absolute atomic E-state index is 8.99. The number of hydrogen-bond donors (Lipinski definition) is 2. The zero-order valence-electron chi connectivity index (χ0n) is 11.6. The predicted octanol–water partition coefficient (Wildman–Crippen LogP) is 1.23. The van der Waals surface area contributed by atoms with Gasteiger partial charge in [0, 0.05) is 25.2 Å². The maximum Gasteiger partial charge on any atom is 0.123 e. The first kappa shape index (κ1) is 15.0. The Balaban J connectivity index is 2.77. The molecule has 18 heavy (non-hydrogen) atoms. The van der Waals surface area contributed by atoms with Gasteiger partial charge in [-0.1, -0.05) is 19.1 Å². The van der Waals surface area contributed by atoms with Crippen LogP contribution in [0, 0.1) is 0 Å². The van der Waals surface area contributed by atoms with Crippen LogP contribution < -0.4 is 10.1 Å². The second-order valence-corrected chi connectivity index (χ2v) is 4.27. The molecule has 1 rings (SSSR count). The van der Waals surface area contributed by atoms with Gasteiger partial charge in [-0.3, -0.25) is 4.90 Å². The highest BCUT2D eigenvalue weighted by atomic mass is 16.5. The second kappa shape index (κ2) is 8.08. The number of aliphatic hydroxyl groups is 1. The van der Waals surface area contributed by atoms with Crippen molar-refractivity contribution in [2.75, 3.05) is 33.9 Å². The molecule has 0 bridgehead atoms. The van der Waals surface area contributed by atoms with Crippen LogP contribution in [-0.2, 0) is 13.1 Å². The van der Waals surface area contributed by atoms with Crippen molar-refractivity contribution in [2.24, 2.45) is 0 Å². The molecule has 0 spiro atoms. The molecule has 0 aliphatic carbocycles. The van der Waals surface area contributed by atoms with Crippen molar-refractivity contribution < 1.29 is 9.84 Å². The van der Waals surface area contributed by atoms with Crippen LogP contribution in [0.25, 0.3) is 0 Å². The van der Waals surface area contributed by atoms with Crippen LogP contribution in [0.2, 0.25) is 0 Å². The van der Waals surface area contributed by atoms with Crippen molar-refractivity contribution in [3.63, 3.8) is 0 Å². The lowest BCUT2D eigenvalue weighted by atomic mass is 10.1. The summed E-state index contributed by atoms with van der Waals surface area (Å²) >= 11 is 0. The molecular formula is C14H24N2O2. The minimum atomic E-state index is 0.197. The first-order chi connectivity index (χ1) is 8.74. The van der Waals surface area contributed by atoms with Crippen molar-refractivity contribution in [1.29, 1.82) is 0 Å². The second-order valence-electron chi connectivity index (χ2n) is 4.27. The molecule has 0 atom stereocenters. The van der Waals surface area contributed by atoms with Crippen molar-refractivity contribution in [2.45, 2.75) is 20.0 Å². The molecule has 0 aliphatic rings. The Morgan fingerprint density at radius 3 is 2.72 bits per heavy atom. The summed E-state index contributed by atoms with van der Waals surface area (Å²) in [6, 6.07) is 6.29. The minimum Gasteiger partial charge on any atom is -0.496 e. The average molecular weight is 252 g/mol. The van der Waals surface area contributed by atoms with Crippen LogP contribution in [0.5, 0.6) is 5.75 Å². The van der Waals surface area contributed by atoms with Crippen LogP contribution in [0.15, 0.2) is 18.2 Å². The largest absolute Gasteiger partial charge is 0.496 e. The van der Waals surface area contributed by atoms with E-state index in [1.165, 1.54) is 5.56 Å². The van der Waals surface area contributed by atoms with Gasteiger partial charge in [-0.25, -0.2) is 0 Å². The lowest BCUT2D eigenvalue weighted by Crippen LogP contribution is -2.26. The Morgan fingerprint density at radius 1 is 1.39 bits per heavy atom. The molecule has 0 saturated carbocycles. The third-order valence-electron chi connectivity index (χ3n) is 2.99. The summed E-state index contributed by atoms with van der Waals surface area (Å²) in [6.07, 6.45) is 0. The number of aliphatic hydroxyl groups excluding tert-OH is 1. The summed E-state index contributed by atoms with van der Waals surface area (Å²) in [5.74, 6) is 0.918.